The molecule has 0 fully saturated rings. The number of nitrogens with one attached hydrogen (secondary N) is 1. The number of hydrogen-bond donors (Lipinski definition) is 1. The highest BCUT2D eigenvalue weighted by Crippen LogP contribution is 2.13. The van der Waals surface area contributed by atoms with Crippen molar-refractivity contribution in [1.29, 1.82) is 0 Å². The number of halogens is 2. The summed E-state index contributed by atoms with van der Waals surface area (Å²) in [6.07, 6.45) is 0. The molecule has 1 aromatic heterocycles. The van der Waals surface area contributed by atoms with E-state index >= 15 is 0 Å². The fourth-order valence-corrected chi connectivity index (χ4v) is 1.78. The van der Waals surface area contributed by atoms with Crippen LogP contribution in [0.5, 0.6) is 5.75 Å². The average Bonchev–Trinajstić information content (AvgIpc) is 2.41. The fraction of sp³-hybridized carbons (Fsp3) is 0.167. The number of hydrogen-bond acceptors (Lipinski definition) is 3. The summed E-state index contributed by atoms with van der Waals surface area (Å²) in [5, 5.41) is -0.586. The molecule has 19 heavy (non-hydrogen) atoms. The first-order valence-electron chi connectivity index (χ1n) is 5.34. The van der Waals surface area contributed by atoms with Crippen molar-refractivity contribution in [3.05, 3.63) is 61.6 Å². The molecule has 2 aromatic rings. The van der Waals surface area contributed by atoms with Gasteiger partial charge in [0.15, 0.2) is 5.15 Å². The number of nitrogens with zero attached hydrogens (tertiary/aromatic N) is 1. The van der Waals surface area contributed by atoms with Gasteiger partial charge < -0.3 is 4.74 Å². The molecule has 0 aliphatic heterocycles. The third kappa shape index (κ3) is 2.68. The Morgan fingerprint density at radius 2 is 2.16 bits per heavy atom. The lowest BCUT2D eigenvalue weighted by Gasteiger charge is -2.07. The standard InChI is InChI=1S/C12H10ClFN2O3/c1-19-8-4-2-3-7(5-8)6-16-11(17)9(14)10(13)15-12(16)18/h2-5H,6H2,1H3,(H,15,18). The van der Waals surface area contributed by atoms with Crippen LogP contribution in [0.15, 0.2) is 33.9 Å². The fourth-order valence-electron chi connectivity index (χ4n) is 1.62. The van der Waals surface area contributed by atoms with Gasteiger partial charge in [0.05, 0.1) is 13.7 Å². The van der Waals surface area contributed by atoms with Gasteiger partial charge in [-0.25, -0.2) is 4.79 Å². The Morgan fingerprint density at radius 1 is 1.42 bits per heavy atom. The van der Waals surface area contributed by atoms with Crippen LogP contribution in [0.1, 0.15) is 5.56 Å². The molecule has 100 valence electrons. The Morgan fingerprint density at radius 3 is 2.84 bits per heavy atom. The van der Waals surface area contributed by atoms with Gasteiger partial charge in [0.25, 0.3) is 5.56 Å². The molecule has 0 atom stereocenters. The average molecular weight is 285 g/mol. The van der Waals surface area contributed by atoms with E-state index in [-0.39, 0.29) is 6.54 Å². The molecule has 1 heterocycles. The van der Waals surface area contributed by atoms with Crippen molar-refractivity contribution in [3.63, 3.8) is 0 Å². The Balaban J connectivity index is 2.47. The van der Waals surface area contributed by atoms with Crippen LogP contribution in [0.4, 0.5) is 4.39 Å². The Labute approximate surface area is 112 Å². The van der Waals surface area contributed by atoms with Gasteiger partial charge in [-0.05, 0) is 17.7 Å². The summed E-state index contributed by atoms with van der Waals surface area (Å²) in [6, 6.07) is 6.78. The maximum absolute atomic E-state index is 13.4. The number of aromatic nitrogens is 2. The van der Waals surface area contributed by atoms with E-state index in [4.69, 9.17) is 16.3 Å². The molecule has 0 bridgehead atoms. The van der Waals surface area contributed by atoms with Gasteiger partial charge in [0, 0.05) is 0 Å². The largest absolute Gasteiger partial charge is 0.497 e. The van der Waals surface area contributed by atoms with Gasteiger partial charge in [-0.15, -0.1) is 0 Å². The summed E-state index contributed by atoms with van der Waals surface area (Å²) in [6.45, 7) is -0.0700. The van der Waals surface area contributed by atoms with Crippen molar-refractivity contribution >= 4 is 11.6 Å². The van der Waals surface area contributed by atoms with Crippen LogP contribution in [0, 0.1) is 5.82 Å². The van der Waals surface area contributed by atoms with Gasteiger partial charge in [-0.3, -0.25) is 14.3 Å². The quantitative estimate of drug-likeness (QED) is 0.866. The predicted octanol–water partition coefficient (Wildman–Crippen LogP) is 1.39. The molecule has 0 saturated carbocycles. The van der Waals surface area contributed by atoms with Crippen molar-refractivity contribution in [2.24, 2.45) is 0 Å². The van der Waals surface area contributed by atoms with Crippen LogP contribution in [-0.4, -0.2) is 16.7 Å². The summed E-state index contributed by atoms with van der Waals surface area (Å²) < 4.78 is 19.1. The summed E-state index contributed by atoms with van der Waals surface area (Å²) in [4.78, 5) is 25.3. The highest BCUT2D eigenvalue weighted by Gasteiger charge is 2.12. The van der Waals surface area contributed by atoms with E-state index in [0.717, 1.165) is 4.57 Å². The molecule has 0 amide bonds. The zero-order valence-corrected chi connectivity index (χ0v) is 10.7. The Hall–Kier alpha value is -2.08. The van der Waals surface area contributed by atoms with Crippen LogP contribution >= 0.6 is 11.6 Å². The Kier molecular flexibility index (Phi) is 3.71. The zero-order chi connectivity index (χ0) is 14.0. The number of aromatic amines is 1. The molecule has 0 unspecified atom stereocenters. The van der Waals surface area contributed by atoms with Gasteiger partial charge >= 0.3 is 5.69 Å². The van der Waals surface area contributed by atoms with Crippen LogP contribution in [0.25, 0.3) is 0 Å². The summed E-state index contributed by atoms with van der Waals surface area (Å²) in [5.41, 5.74) is -1.19. The lowest BCUT2D eigenvalue weighted by Crippen LogP contribution is -2.37. The van der Waals surface area contributed by atoms with Gasteiger partial charge in [-0.2, -0.15) is 4.39 Å². The van der Waals surface area contributed by atoms with Crippen molar-refractivity contribution in [2.45, 2.75) is 6.54 Å². The second-order valence-corrected chi connectivity index (χ2v) is 4.18. The van der Waals surface area contributed by atoms with E-state index in [1.807, 2.05) is 0 Å². The highest BCUT2D eigenvalue weighted by molar-refractivity contribution is 6.29. The molecule has 0 saturated heterocycles. The van der Waals surface area contributed by atoms with Gasteiger partial charge in [0.1, 0.15) is 5.75 Å². The first-order valence-corrected chi connectivity index (χ1v) is 5.71. The topological polar surface area (TPSA) is 64.1 Å². The predicted molar refractivity (Wildman–Crippen MR) is 68.4 cm³/mol. The van der Waals surface area contributed by atoms with Crippen molar-refractivity contribution in [3.8, 4) is 5.75 Å². The maximum Gasteiger partial charge on any atom is 0.329 e. The summed E-state index contributed by atoms with van der Waals surface area (Å²) in [7, 11) is 1.50. The third-order valence-corrected chi connectivity index (χ3v) is 2.82. The lowest BCUT2D eigenvalue weighted by atomic mass is 10.2. The number of H-pyrrole nitrogens is 1. The second-order valence-electron chi connectivity index (χ2n) is 3.80. The van der Waals surface area contributed by atoms with E-state index in [2.05, 4.69) is 4.98 Å². The van der Waals surface area contributed by atoms with E-state index in [1.54, 1.807) is 24.3 Å². The number of methoxy groups -OCH3 is 1. The Bertz CT molecular complexity index is 724. The van der Waals surface area contributed by atoms with E-state index in [0.29, 0.717) is 11.3 Å². The molecule has 0 radical (unpaired) electrons. The first-order chi connectivity index (χ1) is 9.02. The maximum atomic E-state index is 13.4. The molecule has 7 heteroatoms. The van der Waals surface area contributed by atoms with E-state index in [1.165, 1.54) is 7.11 Å². The third-order valence-electron chi connectivity index (χ3n) is 2.56. The number of benzene rings is 1. The second kappa shape index (κ2) is 5.27. The minimum Gasteiger partial charge on any atom is -0.497 e. The van der Waals surface area contributed by atoms with Gasteiger partial charge in [-0.1, -0.05) is 23.7 Å². The molecule has 1 aromatic carbocycles. The van der Waals surface area contributed by atoms with Crippen LogP contribution in [-0.2, 0) is 6.54 Å². The highest BCUT2D eigenvalue weighted by atomic mass is 35.5. The lowest BCUT2D eigenvalue weighted by molar-refractivity contribution is 0.414. The molecule has 2 rings (SSSR count). The van der Waals surface area contributed by atoms with Crippen LogP contribution in [0.3, 0.4) is 0 Å². The summed E-state index contributed by atoms with van der Waals surface area (Å²) in [5.74, 6) is -0.597. The van der Waals surface area contributed by atoms with Crippen molar-refractivity contribution in [1.82, 2.24) is 9.55 Å². The SMILES string of the molecule is COc1cccc(Cn2c(=O)[nH]c(Cl)c(F)c2=O)c1. The smallest absolute Gasteiger partial charge is 0.329 e. The number of rotatable bonds is 3. The molecule has 1 N–H and O–H groups in total. The molecule has 5 nitrogen and oxygen atoms in total. The van der Waals surface area contributed by atoms with Crippen molar-refractivity contribution < 1.29 is 9.13 Å². The molecule has 0 spiro atoms. The molecular formula is C12H10ClFN2O3. The minimum atomic E-state index is -1.18. The number of ether oxygens (including phenoxy) is 1. The minimum absolute atomic E-state index is 0.0700. The van der Waals surface area contributed by atoms with E-state index in [9.17, 15) is 14.0 Å². The van der Waals surface area contributed by atoms with E-state index < -0.39 is 22.2 Å². The molecule has 0 aliphatic carbocycles. The monoisotopic (exact) mass is 284 g/mol. The summed E-state index contributed by atoms with van der Waals surface area (Å²) >= 11 is 5.38. The van der Waals surface area contributed by atoms with Crippen LogP contribution in [0.2, 0.25) is 5.15 Å². The van der Waals surface area contributed by atoms with Gasteiger partial charge in [0.2, 0.25) is 5.82 Å². The molecule has 0 aliphatic rings. The van der Waals surface area contributed by atoms with Crippen molar-refractivity contribution in [2.75, 3.05) is 7.11 Å². The normalized spacial score (nSPS) is 10.5. The zero-order valence-electron chi connectivity index (χ0n) is 9.94. The molecular weight excluding hydrogens is 275 g/mol. The van der Waals surface area contributed by atoms with Crippen LogP contribution < -0.4 is 16.0 Å². The first kappa shape index (κ1) is 13.4.